The largest absolute Gasteiger partial charge is 0.490 e. The highest BCUT2D eigenvalue weighted by molar-refractivity contribution is 6.31. The maximum absolute atomic E-state index is 12.0. The molecule has 0 fully saturated rings. The third-order valence-electron chi connectivity index (χ3n) is 3.30. The van der Waals surface area contributed by atoms with E-state index in [4.69, 9.17) is 25.8 Å². The summed E-state index contributed by atoms with van der Waals surface area (Å²) in [6, 6.07) is 3.55. The number of rotatable bonds is 11. The van der Waals surface area contributed by atoms with Gasteiger partial charge < -0.3 is 24.8 Å². The molecule has 26 heavy (non-hydrogen) atoms. The van der Waals surface area contributed by atoms with Crippen LogP contribution in [0.15, 0.2) is 12.1 Å². The molecular weight excluding hydrogens is 356 g/mol. The predicted octanol–water partition coefficient (Wildman–Crippen LogP) is 3.16. The van der Waals surface area contributed by atoms with Crippen LogP contribution >= 0.6 is 11.6 Å². The molecule has 0 unspecified atom stereocenters. The minimum Gasteiger partial charge on any atom is -0.490 e. The molecule has 0 atom stereocenters. The minimum absolute atomic E-state index is 0.0950. The van der Waals surface area contributed by atoms with Gasteiger partial charge in [0.15, 0.2) is 18.1 Å². The molecule has 0 aliphatic heterocycles. The maximum atomic E-state index is 12.0. The number of nitrogens with one attached hydrogen (secondary N) is 2. The number of methoxy groups -OCH3 is 1. The van der Waals surface area contributed by atoms with Crippen molar-refractivity contribution < 1.29 is 19.0 Å². The summed E-state index contributed by atoms with van der Waals surface area (Å²) in [5.41, 5.74) is 0.609. The van der Waals surface area contributed by atoms with Crippen LogP contribution in [-0.4, -0.2) is 44.9 Å². The first-order valence-corrected chi connectivity index (χ1v) is 9.23. The molecule has 2 N–H and O–H groups in total. The zero-order valence-corrected chi connectivity index (χ0v) is 17.2. The van der Waals surface area contributed by atoms with Crippen molar-refractivity contribution in [3.8, 4) is 11.5 Å². The van der Waals surface area contributed by atoms with Crippen LogP contribution in [0.2, 0.25) is 5.02 Å². The van der Waals surface area contributed by atoms with Crippen LogP contribution in [0.25, 0.3) is 0 Å². The standard InChI is InChI=1S/C19H31ClN2O4/c1-6-25-16-10-14(12-21-8-7-9-24-5)15(20)11-17(16)26-13-18(23)22-19(2,3)4/h10-11,21H,6-9,12-13H2,1-5H3,(H,22,23). The molecule has 0 radical (unpaired) electrons. The third kappa shape index (κ3) is 8.74. The van der Waals surface area contributed by atoms with E-state index in [1.165, 1.54) is 0 Å². The fourth-order valence-electron chi connectivity index (χ4n) is 2.26. The number of amides is 1. The van der Waals surface area contributed by atoms with Gasteiger partial charge >= 0.3 is 0 Å². The monoisotopic (exact) mass is 386 g/mol. The highest BCUT2D eigenvalue weighted by atomic mass is 35.5. The Labute approximate surface area is 161 Å². The number of halogens is 1. The van der Waals surface area contributed by atoms with Gasteiger partial charge in [-0.2, -0.15) is 0 Å². The average Bonchev–Trinajstić information content (AvgIpc) is 2.54. The van der Waals surface area contributed by atoms with Crippen molar-refractivity contribution in [3.05, 3.63) is 22.7 Å². The Bertz CT molecular complexity index is 573. The Kier molecular flexibility index (Phi) is 9.76. The van der Waals surface area contributed by atoms with Gasteiger partial charge in [0.25, 0.3) is 5.91 Å². The van der Waals surface area contributed by atoms with E-state index in [0.29, 0.717) is 36.3 Å². The van der Waals surface area contributed by atoms with E-state index in [-0.39, 0.29) is 18.1 Å². The van der Waals surface area contributed by atoms with Gasteiger partial charge in [-0.05, 0) is 52.3 Å². The average molecular weight is 387 g/mol. The first-order valence-electron chi connectivity index (χ1n) is 8.85. The number of carbonyl (C=O) groups excluding carboxylic acids is 1. The van der Waals surface area contributed by atoms with E-state index in [1.807, 2.05) is 33.8 Å². The Morgan fingerprint density at radius 3 is 2.50 bits per heavy atom. The van der Waals surface area contributed by atoms with Crippen LogP contribution < -0.4 is 20.1 Å². The zero-order valence-electron chi connectivity index (χ0n) is 16.4. The fourth-order valence-corrected chi connectivity index (χ4v) is 2.48. The van der Waals surface area contributed by atoms with Crippen LogP contribution in [-0.2, 0) is 16.1 Å². The summed E-state index contributed by atoms with van der Waals surface area (Å²) >= 11 is 6.36. The molecule has 1 aromatic carbocycles. The van der Waals surface area contributed by atoms with Crippen molar-refractivity contribution >= 4 is 17.5 Å². The summed E-state index contributed by atoms with van der Waals surface area (Å²) in [6.45, 7) is 10.2. The van der Waals surface area contributed by atoms with E-state index in [1.54, 1.807) is 13.2 Å². The first kappa shape index (κ1) is 22.5. The molecular formula is C19H31ClN2O4. The van der Waals surface area contributed by atoms with Gasteiger partial charge in [-0.25, -0.2) is 0 Å². The van der Waals surface area contributed by atoms with Crippen LogP contribution in [0, 0.1) is 0 Å². The van der Waals surface area contributed by atoms with Gasteiger partial charge in [0.1, 0.15) is 0 Å². The number of hydrogen-bond acceptors (Lipinski definition) is 5. The summed E-state index contributed by atoms with van der Waals surface area (Å²) in [6.07, 6.45) is 0.927. The molecule has 148 valence electrons. The molecule has 0 heterocycles. The molecule has 0 bridgehead atoms. The summed E-state index contributed by atoms with van der Waals surface area (Å²) < 4.78 is 16.3. The minimum atomic E-state index is -0.306. The summed E-state index contributed by atoms with van der Waals surface area (Å²) in [7, 11) is 1.69. The maximum Gasteiger partial charge on any atom is 0.258 e. The molecule has 7 heteroatoms. The second-order valence-electron chi connectivity index (χ2n) is 6.93. The quantitative estimate of drug-likeness (QED) is 0.572. The van der Waals surface area contributed by atoms with E-state index < -0.39 is 0 Å². The van der Waals surface area contributed by atoms with Crippen molar-refractivity contribution in [2.75, 3.05) is 33.5 Å². The molecule has 0 saturated carbocycles. The fraction of sp³-hybridized carbons (Fsp3) is 0.632. The topological polar surface area (TPSA) is 68.8 Å². The summed E-state index contributed by atoms with van der Waals surface area (Å²) in [4.78, 5) is 12.0. The van der Waals surface area contributed by atoms with Crippen LogP contribution in [0.3, 0.4) is 0 Å². The van der Waals surface area contributed by atoms with Crippen LogP contribution in [0.5, 0.6) is 11.5 Å². The lowest BCUT2D eigenvalue weighted by molar-refractivity contribution is -0.124. The Balaban J connectivity index is 2.73. The zero-order chi connectivity index (χ0) is 19.6. The smallest absolute Gasteiger partial charge is 0.258 e. The van der Waals surface area contributed by atoms with Gasteiger partial charge in [0.05, 0.1) is 6.61 Å². The molecule has 6 nitrogen and oxygen atoms in total. The lowest BCUT2D eigenvalue weighted by Crippen LogP contribution is -2.43. The predicted molar refractivity (Wildman–Crippen MR) is 104 cm³/mol. The van der Waals surface area contributed by atoms with Gasteiger partial charge in [-0.3, -0.25) is 4.79 Å². The molecule has 1 aromatic rings. The SMILES string of the molecule is CCOc1cc(CNCCCOC)c(Cl)cc1OCC(=O)NC(C)(C)C. The number of carbonyl (C=O) groups is 1. The van der Waals surface area contributed by atoms with Gasteiger partial charge in [-0.1, -0.05) is 11.6 Å². The van der Waals surface area contributed by atoms with Crippen molar-refractivity contribution in [1.82, 2.24) is 10.6 Å². The third-order valence-corrected chi connectivity index (χ3v) is 3.66. The number of ether oxygens (including phenoxy) is 3. The Morgan fingerprint density at radius 1 is 1.19 bits per heavy atom. The van der Waals surface area contributed by atoms with E-state index >= 15 is 0 Å². The van der Waals surface area contributed by atoms with E-state index in [9.17, 15) is 4.79 Å². The van der Waals surface area contributed by atoms with Crippen LogP contribution in [0.4, 0.5) is 0 Å². The van der Waals surface area contributed by atoms with E-state index in [2.05, 4.69) is 10.6 Å². The Morgan fingerprint density at radius 2 is 1.88 bits per heavy atom. The molecule has 0 aromatic heterocycles. The number of hydrogen-bond donors (Lipinski definition) is 2. The molecule has 1 rings (SSSR count). The summed E-state index contributed by atoms with van der Waals surface area (Å²) in [5, 5.41) is 6.74. The molecule has 1 amide bonds. The normalized spacial score (nSPS) is 11.3. The second kappa shape index (κ2) is 11.3. The van der Waals surface area contributed by atoms with Gasteiger partial charge in [0.2, 0.25) is 0 Å². The molecule has 0 aliphatic rings. The Hall–Kier alpha value is -1.50. The molecule has 0 saturated heterocycles. The van der Waals surface area contributed by atoms with Crippen molar-refractivity contribution in [2.45, 2.75) is 46.2 Å². The first-order chi connectivity index (χ1) is 12.3. The highest BCUT2D eigenvalue weighted by Crippen LogP contribution is 2.33. The van der Waals surface area contributed by atoms with Crippen molar-refractivity contribution in [1.29, 1.82) is 0 Å². The summed E-state index contributed by atoms with van der Waals surface area (Å²) in [5.74, 6) is 0.846. The van der Waals surface area contributed by atoms with Crippen molar-refractivity contribution in [2.24, 2.45) is 0 Å². The van der Waals surface area contributed by atoms with Crippen LogP contribution in [0.1, 0.15) is 39.7 Å². The van der Waals surface area contributed by atoms with Gasteiger partial charge in [0, 0.05) is 36.9 Å². The van der Waals surface area contributed by atoms with Crippen molar-refractivity contribution in [3.63, 3.8) is 0 Å². The second-order valence-corrected chi connectivity index (χ2v) is 7.34. The molecule has 0 spiro atoms. The number of benzene rings is 1. The lowest BCUT2D eigenvalue weighted by atomic mass is 10.1. The molecule has 0 aliphatic carbocycles. The van der Waals surface area contributed by atoms with E-state index in [0.717, 1.165) is 18.5 Å². The van der Waals surface area contributed by atoms with Gasteiger partial charge in [-0.15, -0.1) is 0 Å². The lowest BCUT2D eigenvalue weighted by Gasteiger charge is -2.21. The highest BCUT2D eigenvalue weighted by Gasteiger charge is 2.16.